The van der Waals surface area contributed by atoms with E-state index in [2.05, 4.69) is 33.4 Å². The third-order valence-corrected chi connectivity index (χ3v) is 6.04. The number of likely N-dealkylation sites (tertiary alicyclic amines) is 1. The van der Waals surface area contributed by atoms with Gasteiger partial charge in [-0.2, -0.15) is 0 Å². The van der Waals surface area contributed by atoms with Crippen LogP contribution in [-0.2, 0) is 11.2 Å². The lowest BCUT2D eigenvalue weighted by Gasteiger charge is -2.32. The molecular weight excluding hydrogens is 404 g/mol. The number of piperidine rings is 1. The largest absolute Gasteiger partial charge is 0.301 e. The number of aromatic nitrogens is 2. The Morgan fingerprint density at radius 3 is 2.90 bits per heavy atom. The van der Waals surface area contributed by atoms with Gasteiger partial charge in [-0.3, -0.25) is 14.7 Å². The van der Waals surface area contributed by atoms with Gasteiger partial charge in [0.15, 0.2) is 5.13 Å². The SMILES string of the molecule is O=C(CN1CCC[C@H](c2cccc(Cc3ccc(Cl)cc3)n2)C1)Nc1nccs1. The number of nitrogens with zero attached hydrogens (tertiary/aromatic N) is 3. The molecule has 0 radical (unpaired) electrons. The monoisotopic (exact) mass is 426 g/mol. The molecule has 3 aromatic rings. The van der Waals surface area contributed by atoms with E-state index in [-0.39, 0.29) is 5.91 Å². The van der Waals surface area contributed by atoms with Gasteiger partial charge in [0.05, 0.1) is 6.54 Å². The van der Waals surface area contributed by atoms with Gasteiger partial charge in [-0.1, -0.05) is 29.8 Å². The molecule has 1 aliphatic rings. The van der Waals surface area contributed by atoms with Gasteiger partial charge in [0.25, 0.3) is 0 Å². The first-order valence-electron chi connectivity index (χ1n) is 9.78. The van der Waals surface area contributed by atoms with Crippen molar-refractivity contribution in [2.24, 2.45) is 0 Å². The molecule has 150 valence electrons. The maximum Gasteiger partial charge on any atom is 0.240 e. The minimum atomic E-state index is -0.00921. The van der Waals surface area contributed by atoms with Crippen LogP contribution in [0, 0.1) is 0 Å². The maximum absolute atomic E-state index is 12.3. The number of amides is 1. The van der Waals surface area contributed by atoms with Crippen LogP contribution in [0.25, 0.3) is 0 Å². The summed E-state index contributed by atoms with van der Waals surface area (Å²) in [4.78, 5) is 23.5. The summed E-state index contributed by atoms with van der Waals surface area (Å²) in [5.74, 6) is 0.339. The molecular formula is C22H23ClN4OS. The Balaban J connectivity index is 1.37. The van der Waals surface area contributed by atoms with Gasteiger partial charge < -0.3 is 5.32 Å². The number of thiazole rings is 1. The van der Waals surface area contributed by atoms with Crippen molar-refractivity contribution in [1.29, 1.82) is 0 Å². The molecule has 1 saturated heterocycles. The summed E-state index contributed by atoms with van der Waals surface area (Å²) in [5, 5.41) is 6.12. The van der Waals surface area contributed by atoms with Gasteiger partial charge in [-0.05, 0) is 49.2 Å². The van der Waals surface area contributed by atoms with Crippen molar-refractivity contribution in [2.45, 2.75) is 25.2 Å². The summed E-state index contributed by atoms with van der Waals surface area (Å²) < 4.78 is 0. The smallest absolute Gasteiger partial charge is 0.240 e. The molecule has 1 aliphatic heterocycles. The average Bonchev–Trinajstić information content (AvgIpc) is 3.23. The Kier molecular flexibility index (Phi) is 6.54. The van der Waals surface area contributed by atoms with Gasteiger partial charge in [0.1, 0.15) is 0 Å². The zero-order valence-corrected chi connectivity index (χ0v) is 17.6. The summed E-state index contributed by atoms with van der Waals surface area (Å²) in [7, 11) is 0. The van der Waals surface area contributed by atoms with Crippen molar-refractivity contribution in [3.8, 4) is 0 Å². The first-order valence-corrected chi connectivity index (χ1v) is 11.0. The Morgan fingerprint density at radius 2 is 2.10 bits per heavy atom. The van der Waals surface area contributed by atoms with Crippen LogP contribution in [-0.4, -0.2) is 40.4 Å². The molecule has 1 aromatic carbocycles. The van der Waals surface area contributed by atoms with E-state index >= 15 is 0 Å². The molecule has 1 amide bonds. The molecule has 0 saturated carbocycles. The van der Waals surface area contributed by atoms with E-state index in [1.807, 2.05) is 29.6 Å². The van der Waals surface area contributed by atoms with Crippen molar-refractivity contribution in [1.82, 2.24) is 14.9 Å². The highest BCUT2D eigenvalue weighted by Gasteiger charge is 2.24. The van der Waals surface area contributed by atoms with Crippen LogP contribution in [0.4, 0.5) is 5.13 Å². The summed E-state index contributed by atoms with van der Waals surface area (Å²) >= 11 is 7.41. The predicted octanol–water partition coefficient (Wildman–Crippen LogP) is 4.60. The third kappa shape index (κ3) is 5.63. The maximum atomic E-state index is 12.3. The summed E-state index contributed by atoms with van der Waals surface area (Å²) in [5.41, 5.74) is 3.37. The zero-order chi connectivity index (χ0) is 20.1. The molecule has 2 aromatic heterocycles. The van der Waals surface area contributed by atoms with Gasteiger partial charge in [0.2, 0.25) is 5.91 Å². The Hall–Kier alpha value is -2.28. The molecule has 1 N–H and O–H groups in total. The van der Waals surface area contributed by atoms with Crippen molar-refractivity contribution in [3.63, 3.8) is 0 Å². The first-order chi connectivity index (χ1) is 14.2. The summed E-state index contributed by atoms with van der Waals surface area (Å²) in [6, 6.07) is 14.2. The van der Waals surface area contributed by atoms with E-state index in [0.717, 1.165) is 48.8 Å². The quantitative estimate of drug-likeness (QED) is 0.625. The van der Waals surface area contributed by atoms with Gasteiger partial charge in [-0.15, -0.1) is 11.3 Å². The molecule has 0 aliphatic carbocycles. The number of halogens is 1. The zero-order valence-electron chi connectivity index (χ0n) is 16.1. The highest BCUT2D eigenvalue weighted by molar-refractivity contribution is 7.13. The minimum Gasteiger partial charge on any atom is -0.301 e. The van der Waals surface area contributed by atoms with Crippen molar-refractivity contribution >= 4 is 34.0 Å². The number of carbonyl (C=O) groups excluding carboxylic acids is 1. The standard InChI is InChI=1S/C22H23ClN4OS/c23-18-8-6-16(7-9-18)13-19-4-1-5-20(25-19)17-3-2-11-27(14-17)15-21(28)26-22-24-10-12-29-22/h1,4-10,12,17H,2-3,11,13-15H2,(H,24,26,28)/t17-/m0/s1. The van der Waals surface area contributed by atoms with Crippen LogP contribution in [0.1, 0.15) is 35.7 Å². The number of rotatable bonds is 6. The first kappa shape index (κ1) is 20.0. The van der Waals surface area contributed by atoms with Crippen LogP contribution in [0.3, 0.4) is 0 Å². The van der Waals surface area contributed by atoms with Gasteiger partial charge >= 0.3 is 0 Å². The van der Waals surface area contributed by atoms with E-state index in [1.54, 1.807) is 6.20 Å². The Morgan fingerprint density at radius 1 is 1.24 bits per heavy atom. The number of carbonyl (C=O) groups is 1. The number of benzene rings is 1. The third-order valence-electron chi connectivity index (χ3n) is 5.10. The second-order valence-electron chi connectivity index (χ2n) is 7.32. The number of pyridine rings is 1. The molecule has 4 rings (SSSR count). The molecule has 1 fully saturated rings. The van der Waals surface area contributed by atoms with Crippen LogP contribution in [0.15, 0.2) is 54.0 Å². The molecule has 5 nitrogen and oxygen atoms in total. The predicted molar refractivity (Wildman–Crippen MR) is 118 cm³/mol. The van der Waals surface area contributed by atoms with Crippen molar-refractivity contribution < 1.29 is 4.79 Å². The van der Waals surface area contributed by atoms with E-state index in [0.29, 0.717) is 17.6 Å². The van der Waals surface area contributed by atoms with E-state index in [1.165, 1.54) is 16.9 Å². The van der Waals surface area contributed by atoms with Crippen LogP contribution in [0.2, 0.25) is 5.02 Å². The Labute approximate surface area is 179 Å². The number of hydrogen-bond donors (Lipinski definition) is 1. The van der Waals surface area contributed by atoms with Crippen LogP contribution in [0.5, 0.6) is 0 Å². The summed E-state index contributed by atoms with van der Waals surface area (Å²) in [6.45, 7) is 2.18. The lowest BCUT2D eigenvalue weighted by Crippen LogP contribution is -2.40. The molecule has 0 unspecified atom stereocenters. The fraction of sp³-hybridized carbons (Fsp3) is 0.318. The van der Waals surface area contributed by atoms with Crippen molar-refractivity contribution in [2.75, 3.05) is 25.0 Å². The highest BCUT2D eigenvalue weighted by atomic mass is 35.5. The lowest BCUT2D eigenvalue weighted by molar-refractivity contribution is -0.117. The normalized spacial score (nSPS) is 17.2. The fourth-order valence-electron chi connectivity index (χ4n) is 3.72. The second-order valence-corrected chi connectivity index (χ2v) is 8.65. The van der Waals surface area contributed by atoms with Crippen LogP contribution >= 0.6 is 22.9 Å². The second kappa shape index (κ2) is 9.48. The summed E-state index contributed by atoms with van der Waals surface area (Å²) in [6.07, 6.45) is 4.65. The van der Waals surface area contributed by atoms with E-state index in [9.17, 15) is 4.79 Å². The molecule has 1 atom stereocenters. The number of hydrogen-bond acceptors (Lipinski definition) is 5. The Bertz CT molecular complexity index is 946. The van der Waals surface area contributed by atoms with Crippen LogP contribution < -0.4 is 5.32 Å². The van der Waals surface area contributed by atoms with Gasteiger partial charge in [0, 0.05) is 46.9 Å². The molecule has 3 heterocycles. The molecule has 0 spiro atoms. The van der Waals surface area contributed by atoms with Crippen molar-refractivity contribution in [3.05, 3.63) is 76.0 Å². The molecule has 29 heavy (non-hydrogen) atoms. The lowest BCUT2D eigenvalue weighted by atomic mass is 9.94. The minimum absolute atomic E-state index is 0.00921. The van der Waals surface area contributed by atoms with E-state index in [4.69, 9.17) is 16.6 Å². The molecule has 0 bridgehead atoms. The van der Waals surface area contributed by atoms with E-state index < -0.39 is 0 Å². The number of anilines is 1. The average molecular weight is 427 g/mol. The topological polar surface area (TPSA) is 58.1 Å². The van der Waals surface area contributed by atoms with Gasteiger partial charge in [-0.25, -0.2) is 4.98 Å². The fourth-order valence-corrected chi connectivity index (χ4v) is 4.39. The number of nitrogens with one attached hydrogen (secondary N) is 1. The molecule has 7 heteroatoms. The highest BCUT2D eigenvalue weighted by Crippen LogP contribution is 2.26.